The largest absolute Gasteiger partial charge is 0.378 e. The lowest BCUT2D eigenvalue weighted by molar-refractivity contribution is 0.341. The van der Waals surface area contributed by atoms with Crippen LogP contribution in [0.5, 0.6) is 5.75 Å². The first-order valence-corrected chi connectivity index (χ1v) is 15.8. The molecule has 0 spiro atoms. The average Bonchev–Trinajstić information content (AvgIpc) is 3.42. The molecule has 0 radical (unpaired) electrons. The fraction of sp³-hybridized carbons (Fsp3) is 0.0667. The summed E-state index contributed by atoms with van der Waals surface area (Å²) in [6.45, 7) is 3.72. The van der Waals surface area contributed by atoms with Gasteiger partial charge in [-0.3, -0.25) is 4.28 Å². The van der Waals surface area contributed by atoms with E-state index < -0.39 is 20.2 Å². The summed E-state index contributed by atoms with van der Waals surface area (Å²) in [4.78, 5) is 0.220. The summed E-state index contributed by atoms with van der Waals surface area (Å²) in [6.07, 6.45) is 3.22. The van der Waals surface area contributed by atoms with E-state index in [1.807, 2.05) is 38.1 Å². The van der Waals surface area contributed by atoms with Crippen molar-refractivity contribution in [1.29, 1.82) is 5.26 Å². The van der Waals surface area contributed by atoms with Crippen LogP contribution in [0.2, 0.25) is 0 Å². The number of hydrogen-bond acceptors (Lipinski definition) is 9. The van der Waals surface area contributed by atoms with Crippen LogP contribution in [0.25, 0.3) is 16.3 Å². The van der Waals surface area contributed by atoms with Crippen LogP contribution >= 0.6 is 11.8 Å². The van der Waals surface area contributed by atoms with E-state index in [2.05, 4.69) is 11.2 Å². The van der Waals surface area contributed by atoms with Gasteiger partial charge >= 0.3 is 20.2 Å². The maximum atomic E-state index is 13.3. The van der Waals surface area contributed by atoms with Crippen LogP contribution in [0.15, 0.2) is 117 Å². The van der Waals surface area contributed by atoms with Crippen LogP contribution in [-0.4, -0.2) is 21.9 Å². The van der Waals surface area contributed by atoms with Gasteiger partial charge in [0.2, 0.25) is 0 Å². The van der Waals surface area contributed by atoms with Gasteiger partial charge < -0.3 is 4.18 Å². The maximum Gasteiger partial charge on any atom is 0.359 e. The second kappa shape index (κ2) is 11.2. The fourth-order valence-corrected chi connectivity index (χ4v) is 6.95. The van der Waals surface area contributed by atoms with E-state index in [1.165, 1.54) is 30.3 Å². The molecule has 0 unspecified atom stereocenters. The van der Waals surface area contributed by atoms with Crippen LogP contribution in [-0.2, 0) is 24.5 Å². The van der Waals surface area contributed by atoms with Gasteiger partial charge in [-0.05, 0) is 66.8 Å². The van der Waals surface area contributed by atoms with Gasteiger partial charge in [-0.2, -0.15) is 22.1 Å². The first kappa shape index (κ1) is 28.2. The van der Waals surface area contributed by atoms with E-state index in [0.29, 0.717) is 15.9 Å². The molecule has 1 aliphatic heterocycles. The van der Waals surface area contributed by atoms with Gasteiger partial charge in [0.25, 0.3) is 0 Å². The monoisotopic (exact) mass is 602 g/mol. The van der Waals surface area contributed by atoms with Gasteiger partial charge in [0, 0.05) is 10.3 Å². The van der Waals surface area contributed by atoms with Crippen LogP contribution in [0.4, 0.5) is 0 Å². The van der Waals surface area contributed by atoms with Crippen LogP contribution in [0.1, 0.15) is 16.7 Å². The number of thioether (sulfide) groups is 1. The van der Waals surface area contributed by atoms with Crippen molar-refractivity contribution in [2.75, 3.05) is 0 Å². The van der Waals surface area contributed by atoms with E-state index in [0.717, 1.165) is 28.5 Å². The number of fused-ring (bicyclic) bond motifs is 1. The van der Waals surface area contributed by atoms with Gasteiger partial charge in [0.05, 0.1) is 5.57 Å². The third-order valence-corrected chi connectivity index (χ3v) is 9.57. The number of nitrogens with zero attached hydrogens (tertiary/aromatic N) is 2. The number of allylic oxidation sites excluding steroid dienone is 2. The summed E-state index contributed by atoms with van der Waals surface area (Å²) in [5.74, 6) is -0.171. The molecule has 11 heteroatoms. The Balaban J connectivity index is 1.46. The van der Waals surface area contributed by atoms with Gasteiger partial charge in [-0.15, -0.1) is 0 Å². The normalized spacial score (nSPS) is 15.6. The molecule has 0 bridgehead atoms. The molecule has 0 fully saturated rings. The molecule has 0 saturated heterocycles. The van der Waals surface area contributed by atoms with Crippen LogP contribution in [0, 0.1) is 25.2 Å². The number of oxime groups is 1. The number of benzene rings is 4. The summed E-state index contributed by atoms with van der Waals surface area (Å²) < 4.78 is 63.1. The minimum Gasteiger partial charge on any atom is -0.378 e. The number of rotatable bonds is 7. The molecule has 1 heterocycles. The molecular weight excluding hydrogens is 581 g/mol. The first-order chi connectivity index (χ1) is 19.6. The standard InChI is InChI=1S/C30H22N2O6S3/c1-20-13-15-23(16-14-20)40(33,34)37-26-11-5-8-22-9-6-12-28(30(22)26)41(35,36)38-32-29-18-17-27(39-29)25(19-31)24-10-4-3-7-21(24)2/h3-18H,1-2H3/b27-25-,32-29+. The molecule has 0 saturated carbocycles. The van der Waals surface area contributed by atoms with Crippen molar-refractivity contribution in [2.45, 2.75) is 23.6 Å². The molecule has 0 amide bonds. The zero-order chi connectivity index (χ0) is 29.2. The molecule has 206 valence electrons. The average molecular weight is 603 g/mol. The van der Waals surface area contributed by atoms with Crippen LogP contribution < -0.4 is 4.18 Å². The summed E-state index contributed by atoms with van der Waals surface area (Å²) >= 11 is 1.10. The van der Waals surface area contributed by atoms with Crippen LogP contribution in [0.3, 0.4) is 0 Å². The Labute approximate surface area is 242 Å². The highest BCUT2D eigenvalue weighted by atomic mass is 32.2. The zero-order valence-electron chi connectivity index (χ0n) is 21.8. The Morgan fingerprint density at radius 3 is 2.24 bits per heavy atom. The third-order valence-electron chi connectivity index (χ3n) is 6.20. The molecule has 4 aromatic carbocycles. The molecule has 0 N–H and O–H groups in total. The van der Waals surface area contributed by atoms with Crippen molar-refractivity contribution >= 4 is 53.4 Å². The second-order valence-corrected chi connectivity index (χ2v) is 13.1. The van der Waals surface area contributed by atoms with Crippen molar-refractivity contribution in [1.82, 2.24) is 0 Å². The predicted octanol–water partition coefficient (Wildman–Crippen LogP) is 6.48. The number of nitriles is 1. The number of hydrogen-bond donors (Lipinski definition) is 0. The van der Waals surface area contributed by atoms with E-state index in [4.69, 9.17) is 8.47 Å². The first-order valence-electron chi connectivity index (χ1n) is 12.2. The van der Waals surface area contributed by atoms with Crippen molar-refractivity contribution in [3.05, 3.63) is 119 Å². The van der Waals surface area contributed by atoms with Crippen molar-refractivity contribution in [3.8, 4) is 11.8 Å². The van der Waals surface area contributed by atoms with E-state index >= 15 is 0 Å². The SMILES string of the molecule is Cc1ccc(S(=O)(=O)Oc2cccc3cccc(S(=O)(=O)O/N=C4C=C/C(=C(\C#N)c5ccccc5C)S\4)c23)cc1. The van der Waals surface area contributed by atoms with Gasteiger partial charge in [-0.1, -0.05) is 83.1 Å². The topological polar surface area (TPSA) is 123 Å². The third kappa shape index (κ3) is 5.90. The van der Waals surface area contributed by atoms with Gasteiger partial charge in [-0.25, -0.2) is 0 Å². The highest BCUT2D eigenvalue weighted by molar-refractivity contribution is 8.18. The Kier molecular flexibility index (Phi) is 7.73. The van der Waals surface area contributed by atoms with Crippen molar-refractivity contribution in [2.24, 2.45) is 5.16 Å². The predicted molar refractivity (Wildman–Crippen MR) is 159 cm³/mol. The molecule has 5 rings (SSSR count). The maximum absolute atomic E-state index is 13.3. The smallest absolute Gasteiger partial charge is 0.359 e. The molecule has 0 aromatic heterocycles. The Bertz CT molecular complexity index is 2020. The van der Waals surface area contributed by atoms with E-state index in [1.54, 1.807) is 42.5 Å². The minimum atomic E-state index is -4.52. The van der Waals surface area contributed by atoms with E-state index in [9.17, 15) is 22.1 Å². The molecule has 41 heavy (non-hydrogen) atoms. The Morgan fingerprint density at radius 1 is 0.829 bits per heavy atom. The fourth-order valence-electron chi connectivity index (χ4n) is 4.16. The summed E-state index contributed by atoms with van der Waals surface area (Å²) in [5, 5.41) is 14.3. The zero-order valence-corrected chi connectivity index (χ0v) is 24.3. The molecule has 1 aliphatic rings. The summed E-state index contributed by atoms with van der Waals surface area (Å²) in [6, 6.07) is 24.8. The van der Waals surface area contributed by atoms with Gasteiger partial charge in [0.1, 0.15) is 20.9 Å². The Morgan fingerprint density at radius 2 is 1.54 bits per heavy atom. The minimum absolute atomic E-state index is 0.0346. The highest BCUT2D eigenvalue weighted by Crippen LogP contribution is 2.37. The quantitative estimate of drug-likeness (QED) is 0.134. The summed E-state index contributed by atoms with van der Waals surface area (Å²) in [7, 11) is -8.77. The molecule has 0 atom stereocenters. The second-order valence-electron chi connectivity index (χ2n) is 9.02. The summed E-state index contributed by atoms with van der Waals surface area (Å²) in [5.41, 5.74) is 3.00. The molecule has 8 nitrogen and oxygen atoms in total. The highest BCUT2D eigenvalue weighted by Gasteiger charge is 2.26. The number of aryl methyl sites for hydroxylation is 2. The molecule has 0 aliphatic carbocycles. The van der Waals surface area contributed by atoms with Crippen molar-refractivity contribution < 1.29 is 25.3 Å². The Hall–Kier alpha value is -4.37. The lowest BCUT2D eigenvalue weighted by atomic mass is 10.0. The lowest BCUT2D eigenvalue weighted by Gasteiger charge is -2.12. The molecule has 4 aromatic rings. The van der Waals surface area contributed by atoms with Gasteiger partial charge in [0.15, 0.2) is 5.75 Å². The van der Waals surface area contributed by atoms with Crippen molar-refractivity contribution in [3.63, 3.8) is 0 Å². The lowest BCUT2D eigenvalue weighted by Crippen LogP contribution is -2.11. The molecular formula is C30H22N2O6S3. The van der Waals surface area contributed by atoms with E-state index in [-0.39, 0.29) is 26.0 Å².